The first-order valence-corrected chi connectivity index (χ1v) is 7.26. The molecule has 1 aliphatic carbocycles. The highest BCUT2D eigenvalue weighted by Gasteiger charge is 2.41. The van der Waals surface area contributed by atoms with Gasteiger partial charge < -0.3 is 10.2 Å². The third-order valence-electron chi connectivity index (χ3n) is 4.85. The molecule has 3 rings (SSSR count). The number of carbonyl (C=O) groups excluding carboxylic acids is 1. The van der Waals surface area contributed by atoms with Crippen LogP contribution in [0.15, 0.2) is 0 Å². The van der Waals surface area contributed by atoms with Gasteiger partial charge in [0.25, 0.3) is 0 Å². The largest absolute Gasteiger partial charge is 0.325 e. The van der Waals surface area contributed by atoms with E-state index in [-0.39, 0.29) is 30.4 Å². The van der Waals surface area contributed by atoms with Gasteiger partial charge >= 0.3 is 0 Å². The zero-order valence-electron chi connectivity index (χ0n) is 11.2. The number of hydrogen-bond acceptors (Lipinski definition) is 3. The van der Waals surface area contributed by atoms with E-state index < -0.39 is 0 Å². The molecule has 4 atom stereocenters. The second-order valence-electron chi connectivity index (χ2n) is 5.92. The van der Waals surface area contributed by atoms with E-state index in [0.717, 1.165) is 25.8 Å². The van der Waals surface area contributed by atoms with Crippen molar-refractivity contribution >= 4 is 18.3 Å². The van der Waals surface area contributed by atoms with Crippen molar-refractivity contribution in [3.8, 4) is 6.07 Å². The SMILES string of the molecule is Cl.N#CC1CCCN1C(=O)C1CC2CCCCC2N1. The summed E-state index contributed by atoms with van der Waals surface area (Å²) in [5, 5.41) is 12.6. The molecule has 0 aromatic rings. The van der Waals surface area contributed by atoms with Crippen LogP contribution >= 0.6 is 12.4 Å². The van der Waals surface area contributed by atoms with E-state index in [1.807, 2.05) is 0 Å². The van der Waals surface area contributed by atoms with Crippen LogP contribution in [0.5, 0.6) is 0 Å². The Morgan fingerprint density at radius 1 is 1.21 bits per heavy atom. The molecule has 0 radical (unpaired) electrons. The summed E-state index contributed by atoms with van der Waals surface area (Å²) in [5.41, 5.74) is 0. The van der Waals surface area contributed by atoms with Crippen molar-refractivity contribution in [1.29, 1.82) is 5.26 Å². The summed E-state index contributed by atoms with van der Waals surface area (Å²) >= 11 is 0. The number of nitrogens with one attached hydrogen (secondary N) is 1. The quantitative estimate of drug-likeness (QED) is 0.799. The summed E-state index contributed by atoms with van der Waals surface area (Å²) in [6, 6.07) is 2.61. The first kappa shape index (κ1) is 14.6. The lowest BCUT2D eigenvalue weighted by molar-refractivity contribution is -0.133. The fourth-order valence-corrected chi connectivity index (χ4v) is 3.88. The predicted molar refractivity (Wildman–Crippen MR) is 74.9 cm³/mol. The Labute approximate surface area is 120 Å². The lowest BCUT2D eigenvalue weighted by atomic mass is 9.85. The number of hydrogen-bond donors (Lipinski definition) is 1. The molecular formula is C14H22ClN3O. The van der Waals surface area contributed by atoms with Crippen LogP contribution in [0.1, 0.15) is 44.9 Å². The first-order valence-electron chi connectivity index (χ1n) is 7.26. The molecule has 0 bridgehead atoms. The van der Waals surface area contributed by atoms with Crippen molar-refractivity contribution < 1.29 is 4.79 Å². The van der Waals surface area contributed by atoms with Crippen molar-refractivity contribution in [2.45, 2.75) is 63.1 Å². The van der Waals surface area contributed by atoms with Crippen LogP contribution in [0.25, 0.3) is 0 Å². The lowest BCUT2D eigenvalue weighted by Crippen LogP contribution is -2.47. The van der Waals surface area contributed by atoms with Crippen LogP contribution in [-0.4, -0.2) is 35.5 Å². The molecule has 2 heterocycles. The Morgan fingerprint density at radius 2 is 2.00 bits per heavy atom. The standard InChI is InChI=1S/C14H21N3O.ClH/c15-9-11-5-3-7-17(11)14(18)13-8-10-4-1-2-6-12(10)16-13;/h10-13,16H,1-8H2;1H. The van der Waals surface area contributed by atoms with Gasteiger partial charge in [0.2, 0.25) is 5.91 Å². The van der Waals surface area contributed by atoms with E-state index in [2.05, 4.69) is 11.4 Å². The average molecular weight is 284 g/mol. The van der Waals surface area contributed by atoms with Crippen molar-refractivity contribution in [1.82, 2.24) is 10.2 Å². The Morgan fingerprint density at radius 3 is 2.74 bits per heavy atom. The van der Waals surface area contributed by atoms with Crippen molar-refractivity contribution in [3.05, 3.63) is 0 Å². The fraction of sp³-hybridized carbons (Fsp3) is 0.857. The highest BCUT2D eigenvalue weighted by molar-refractivity contribution is 5.85. The number of likely N-dealkylation sites (tertiary alicyclic amines) is 1. The summed E-state index contributed by atoms with van der Waals surface area (Å²) in [5.74, 6) is 0.865. The van der Waals surface area contributed by atoms with Crippen molar-refractivity contribution in [3.63, 3.8) is 0 Å². The second-order valence-corrected chi connectivity index (χ2v) is 5.92. The Balaban J connectivity index is 0.00000133. The van der Waals surface area contributed by atoms with E-state index in [1.54, 1.807) is 4.90 Å². The highest BCUT2D eigenvalue weighted by atomic mass is 35.5. The van der Waals surface area contributed by atoms with Gasteiger partial charge in [-0.15, -0.1) is 12.4 Å². The Kier molecular flexibility index (Phi) is 4.70. The highest BCUT2D eigenvalue weighted by Crippen LogP contribution is 2.34. The van der Waals surface area contributed by atoms with Gasteiger partial charge in [-0.25, -0.2) is 0 Å². The minimum absolute atomic E-state index is 0. The van der Waals surface area contributed by atoms with Crippen molar-refractivity contribution in [2.24, 2.45) is 5.92 Å². The molecule has 106 valence electrons. The molecule has 1 amide bonds. The molecule has 0 aromatic heterocycles. The lowest BCUT2D eigenvalue weighted by Gasteiger charge is -2.24. The molecule has 5 heteroatoms. The van der Waals surface area contributed by atoms with Gasteiger partial charge in [0, 0.05) is 12.6 Å². The van der Waals surface area contributed by atoms with Crippen LogP contribution in [0.3, 0.4) is 0 Å². The molecule has 2 aliphatic heterocycles. The van der Waals surface area contributed by atoms with Crippen LogP contribution in [0.2, 0.25) is 0 Å². The number of amides is 1. The number of carbonyl (C=O) groups is 1. The van der Waals surface area contributed by atoms with Gasteiger partial charge in [0.15, 0.2) is 0 Å². The summed E-state index contributed by atoms with van der Waals surface area (Å²) in [6.07, 6.45) is 7.90. The number of halogens is 1. The van der Waals surface area contributed by atoms with E-state index in [1.165, 1.54) is 25.7 Å². The molecule has 4 nitrogen and oxygen atoms in total. The minimum Gasteiger partial charge on any atom is -0.325 e. The number of fused-ring (bicyclic) bond motifs is 1. The van der Waals surface area contributed by atoms with Gasteiger partial charge in [-0.05, 0) is 38.0 Å². The molecule has 2 saturated heterocycles. The molecule has 0 spiro atoms. The van der Waals surface area contributed by atoms with Crippen molar-refractivity contribution in [2.75, 3.05) is 6.54 Å². The predicted octanol–water partition coefficient (Wildman–Crippen LogP) is 1.84. The second kappa shape index (κ2) is 6.11. The van der Waals surface area contributed by atoms with E-state index in [4.69, 9.17) is 5.26 Å². The summed E-state index contributed by atoms with van der Waals surface area (Å²) in [6.45, 7) is 0.768. The summed E-state index contributed by atoms with van der Waals surface area (Å²) in [4.78, 5) is 14.3. The normalized spacial score (nSPS) is 37.3. The van der Waals surface area contributed by atoms with Gasteiger partial charge in [0.05, 0.1) is 12.1 Å². The maximum absolute atomic E-state index is 12.5. The van der Waals surface area contributed by atoms with E-state index in [0.29, 0.717) is 12.0 Å². The Bertz CT molecular complexity index is 367. The van der Waals surface area contributed by atoms with Gasteiger partial charge in [0.1, 0.15) is 6.04 Å². The molecule has 1 N–H and O–H groups in total. The first-order chi connectivity index (χ1) is 8.79. The third kappa shape index (κ3) is 2.73. The molecule has 0 aromatic carbocycles. The zero-order chi connectivity index (χ0) is 12.5. The van der Waals surface area contributed by atoms with Crippen LogP contribution in [0.4, 0.5) is 0 Å². The third-order valence-corrected chi connectivity index (χ3v) is 4.85. The molecule has 3 fully saturated rings. The van der Waals surface area contributed by atoms with Gasteiger partial charge in [-0.1, -0.05) is 12.8 Å². The number of nitriles is 1. The Hall–Kier alpha value is -0.790. The average Bonchev–Trinajstić information content (AvgIpc) is 3.03. The number of rotatable bonds is 1. The molecule has 3 aliphatic rings. The topological polar surface area (TPSA) is 56.1 Å². The summed E-state index contributed by atoms with van der Waals surface area (Å²) < 4.78 is 0. The van der Waals surface area contributed by atoms with Crippen LogP contribution < -0.4 is 5.32 Å². The smallest absolute Gasteiger partial charge is 0.240 e. The minimum atomic E-state index is -0.179. The maximum Gasteiger partial charge on any atom is 0.240 e. The van der Waals surface area contributed by atoms with E-state index in [9.17, 15) is 4.79 Å². The monoisotopic (exact) mass is 283 g/mol. The maximum atomic E-state index is 12.5. The zero-order valence-corrected chi connectivity index (χ0v) is 12.0. The summed E-state index contributed by atoms with van der Waals surface area (Å²) in [7, 11) is 0. The van der Waals surface area contributed by atoms with Crippen LogP contribution in [-0.2, 0) is 4.79 Å². The molecular weight excluding hydrogens is 262 g/mol. The molecule has 4 unspecified atom stereocenters. The van der Waals surface area contributed by atoms with Crippen LogP contribution in [0, 0.1) is 17.2 Å². The van der Waals surface area contributed by atoms with Gasteiger partial charge in [-0.3, -0.25) is 4.79 Å². The molecule has 19 heavy (non-hydrogen) atoms. The fourth-order valence-electron chi connectivity index (χ4n) is 3.88. The number of nitrogens with zero attached hydrogens (tertiary/aromatic N) is 2. The van der Waals surface area contributed by atoms with Gasteiger partial charge in [-0.2, -0.15) is 5.26 Å². The molecule has 1 saturated carbocycles. The van der Waals surface area contributed by atoms with E-state index >= 15 is 0 Å².